The highest BCUT2D eigenvalue weighted by molar-refractivity contribution is 5.93. The zero-order valence-electron chi connectivity index (χ0n) is 18.5. The number of fused-ring (bicyclic) bond motifs is 4. The van der Waals surface area contributed by atoms with E-state index in [1.54, 1.807) is 0 Å². The molecule has 0 fully saturated rings. The molecule has 0 aromatic heterocycles. The number of hydrogen-bond acceptors (Lipinski definition) is 1. The van der Waals surface area contributed by atoms with Crippen LogP contribution in [0.4, 0.5) is 17.1 Å². The highest BCUT2D eigenvalue weighted by Crippen LogP contribution is 2.59. The average Bonchev–Trinajstić information content (AvgIpc) is 2.79. The van der Waals surface area contributed by atoms with Crippen molar-refractivity contribution in [3.05, 3.63) is 113 Å². The molecular formula is C30H25N. The van der Waals surface area contributed by atoms with E-state index in [1.807, 2.05) is 12.1 Å². The Morgan fingerprint density at radius 1 is 0.645 bits per heavy atom. The van der Waals surface area contributed by atoms with Crippen LogP contribution < -0.4 is 4.90 Å². The second-order valence-corrected chi connectivity index (χ2v) is 9.75. The number of hydrogen-bond donors (Lipinski definition) is 0. The Bertz CT molecular complexity index is 1330. The summed E-state index contributed by atoms with van der Waals surface area (Å²) in [6.07, 6.45) is 0. The number of rotatable bonds is 1. The summed E-state index contributed by atoms with van der Waals surface area (Å²) in [5, 5.41) is 0. The van der Waals surface area contributed by atoms with Gasteiger partial charge < -0.3 is 4.90 Å². The van der Waals surface area contributed by atoms with Crippen LogP contribution in [0.25, 0.3) is 11.1 Å². The van der Waals surface area contributed by atoms with Gasteiger partial charge in [0.25, 0.3) is 0 Å². The van der Waals surface area contributed by atoms with Crippen molar-refractivity contribution in [2.75, 3.05) is 4.90 Å². The average molecular weight is 400 g/mol. The molecule has 2 heterocycles. The smallest absolute Gasteiger partial charge is 0.0543 e. The fourth-order valence-corrected chi connectivity index (χ4v) is 5.57. The molecule has 2 aliphatic heterocycles. The molecule has 0 N–H and O–H groups in total. The molecule has 4 aromatic carbocycles. The van der Waals surface area contributed by atoms with Crippen LogP contribution in [0.1, 0.15) is 49.9 Å². The summed E-state index contributed by atoms with van der Waals surface area (Å²) in [7, 11) is 0. The summed E-state index contributed by atoms with van der Waals surface area (Å²) in [6, 6.07) is 35.0. The van der Waals surface area contributed by atoms with Gasteiger partial charge in [-0.15, -0.1) is 0 Å². The van der Waals surface area contributed by atoms with Gasteiger partial charge in [-0.2, -0.15) is 0 Å². The van der Waals surface area contributed by atoms with Crippen LogP contribution in [-0.4, -0.2) is 0 Å². The van der Waals surface area contributed by atoms with Gasteiger partial charge in [-0.05, 0) is 58.1 Å². The Morgan fingerprint density at radius 2 is 1.32 bits per heavy atom. The van der Waals surface area contributed by atoms with Gasteiger partial charge in [0.1, 0.15) is 0 Å². The SMILES string of the molecule is CC1(C)c2ccccc2N2c3ccc(-c4c#cccc4)cc3C(C)(C)c3cccc1c32. The van der Waals surface area contributed by atoms with Crippen LogP contribution in [0.2, 0.25) is 0 Å². The van der Waals surface area contributed by atoms with Crippen molar-refractivity contribution in [1.82, 2.24) is 0 Å². The predicted molar refractivity (Wildman–Crippen MR) is 128 cm³/mol. The van der Waals surface area contributed by atoms with Gasteiger partial charge in [-0.1, -0.05) is 88.4 Å². The Labute approximate surface area is 185 Å². The van der Waals surface area contributed by atoms with Gasteiger partial charge in [0, 0.05) is 16.4 Å². The summed E-state index contributed by atoms with van der Waals surface area (Å²) < 4.78 is 0. The van der Waals surface area contributed by atoms with E-state index in [4.69, 9.17) is 0 Å². The Kier molecular flexibility index (Phi) is 3.55. The zero-order chi connectivity index (χ0) is 21.4. The van der Waals surface area contributed by atoms with Crippen LogP contribution >= 0.6 is 0 Å². The summed E-state index contributed by atoms with van der Waals surface area (Å²) in [5.74, 6) is 0. The number of benzene rings is 3. The topological polar surface area (TPSA) is 3.24 Å². The highest BCUT2D eigenvalue weighted by atomic mass is 15.2. The monoisotopic (exact) mass is 399 g/mol. The van der Waals surface area contributed by atoms with E-state index in [9.17, 15) is 0 Å². The maximum absolute atomic E-state index is 3.27. The second-order valence-electron chi connectivity index (χ2n) is 9.75. The normalized spacial score (nSPS) is 16.6. The van der Waals surface area contributed by atoms with Crippen LogP contribution in [0, 0.1) is 12.1 Å². The fraction of sp³-hybridized carbons (Fsp3) is 0.200. The molecule has 0 unspecified atom stereocenters. The Hall–Kier alpha value is -3.50. The molecule has 0 aliphatic carbocycles. The molecule has 150 valence electrons. The minimum absolute atomic E-state index is 0.0409. The lowest BCUT2D eigenvalue weighted by Gasteiger charge is -2.49. The molecule has 0 amide bonds. The van der Waals surface area contributed by atoms with Gasteiger partial charge in [-0.3, -0.25) is 0 Å². The molecule has 1 heteroatoms. The molecule has 1 nitrogen and oxygen atoms in total. The van der Waals surface area contributed by atoms with Gasteiger partial charge in [0.2, 0.25) is 0 Å². The van der Waals surface area contributed by atoms with E-state index in [0.29, 0.717) is 0 Å². The second kappa shape index (κ2) is 6.02. The standard InChI is InChI=1S/C30H25N/c1-29(2)22-13-8-9-16-26(22)31-27-18-17-21(20-11-6-5-7-12-20)19-25(27)30(3,4)24-15-10-14-23(29)28(24)31/h5-6,8-11,13-19H,1-4H3. The van der Waals surface area contributed by atoms with E-state index in [2.05, 4.69) is 111 Å². The molecule has 0 spiro atoms. The van der Waals surface area contributed by atoms with Crippen molar-refractivity contribution >= 4 is 17.1 Å². The summed E-state index contributed by atoms with van der Waals surface area (Å²) >= 11 is 0. The summed E-state index contributed by atoms with van der Waals surface area (Å²) in [5.41, 5.74) is 11.6. The van der Waals surface area contributed by atoms with E-state index in [0.717, 1.165) is 5.56 Å². The lowest BCUT2D eigenvalue weighted by molar-refractivity contribution is 0.597. The number of nitrogens with zero attached hydrogens (tertiary/aromatic N) is 1. The maximum atomic E-state index is 3.27. The van der Waals surface area contributed by atoms with E-state index in [1.165, 1.54) is 44.9 Å². The Morgan fingerprint density at radius 3 is 2.06 bits per heavy atom. The summed E-state index contributed by atoms with van der Waals surface area (Å²) in [4.78, 5) is 2.50. The van der Waals surface area contributed by atoms with Crippen molar-refractivity contribution in [3.63, 3.8) is 0 Å². The van der Waals surface area contributed by atoms with Gasteiger partial charge in [0.15, 0.2) is 0 Å². The van der Waals surface area contributed by atoms with Crippen LogP contribution in [0.3, 0.4) is 0 Å². The molecular weight excluding hydrogens is 374 g/mol. The largest absolute Gasteiger partial charge is 0.309 e. The minimum Gasteiger partial charge on any atom is -0.309 e. The molecule has 0 radical (unpaired) electrons. The van der Waals surface area contributed by atoms with Crippen molar-refractivity contribution in [2.24, 2.45) is 0 Å². The maximum Gasteiger partial charge on any atom is 0.0543 e. The molecule has 0 saturated heterocycles. The van der Waals surface area contributed by atoms with Gasteiger partial charge >= 0.3 is 0 Å². The molecule has 2 aliphatic rings. The lowest BCUT2D eigenvalue weighted by atomic mass is 9.66. The van der Waals surface area contributed by atoms with E-state index >= 15 is 0 Å². The third-order valence-corrected chi connectivity index (χ3v) is 7.30. The van der Waals surface area contributed by atoms with Crippen molar-refractivity contribution in [2.45, 2.75) is 38.5 Å². The fourth-order valence-electron chi connectivity index (χ4n) is 5.57. The van der Waals surface area contributed by atoms with Crippen LogP contribution in [0.5, 0.6) is 0 Å². The molecule has 0 saturated carbocycles. The highest BCUT2D eigenvalue weighted by Gasteiger charge is 2.45. The molecule has 0 bridgehead atoms. The first-order chi connectivity index (χ1) is 14.9. The quantitative estimate of drug-likeness (QED) is 0.317. The van der Waals surface area contributed by atoms with Crippen LogP contribution in [-0.2, 0) is 10.8 Å². The van der Waals surface area contributed by atoms with Gasteiger partial charge in [0.05, 0.1) is 17.1 Å². The zero-order valence-corrected chi connectivity index (χ0v) is 18.5. The Balaban J connectivity index is 1.68. The van der Waals surface area contributed by atoms with E-state index < -0.39 is 0 Å². The van der Waals surface area contributed by atoms with Crippen molar-refractivity contribution in [1.29, 1.82) is 0 Å². The minimum atomic E-state index is -0.103. The first-order valence-electron chi connectivity index (χ1n) is 11.0. The molecule has 6 rings (SSSR count). The van der Waals surface area contributed by atoms with Crippen molar-refractivity contribution < 1.29 is 0 Å². The summed E-state index contributed by atoms with van der Waals surface area (Å²) in [6.45, 7) is 9.42. The van der Waals surface area contributed by atoms with Crippen molar-refractivity contribution in [3.8, 4) is 11.1 Å². The predicted octanol–water partition coefficient (Wildman–Crippen LogP) is 7.70. The van der Waals surface area contributed by atoms with Gasteiger partial charge in [-0.25, -0.2) is 0 Å². The number of para-hydroxylation sites is 2. The third kappa shape index (κ3) is 2.34. The molecule has 0 atom stereocenters. The lowest BCUT2D eigenvalue weighted by Crippen LogP contribution is -2.38. The van der Waals surface area contributed by atoms with Crippen LogP contribution in [0.15, 0.2) is 78.9 Å². The molecule has 4 aromatic rings. The first kappa shape index (κ1) is 18.3. The third-order valence-electron chi connectivity index (χ3n) is 7.30. The number of anilines is 3. The first-order valence-corrected chi connectivity index (χ1v) is 11.0. The molecule has 31 heavy (non-hydrogen) atoms. The van der Waals surface area contributed by atoms with E-state index in [-0.39, 0.29) is 10.8 Å².